The molecule has 0 fully saturated rings. The molecule has 0 atom stereocenters. The van der Waals surface area contributed by atoms with Gasteiger partial charge in [0.2, 0.25) is 0 Å². The quantitative estimate of drug-likeness (QED) is 0.874. The van der Waals surface area contributed by atoms with Gasteiger partial charge in [0, 0.05) is 22.9 Å². The van der Waals surface area contributed by atoms with E-state index in [0.717, 1.165) is 5.06 Å². The van der Waals surface area contributed by atoms with Gasteiger partial charge in [-0.1, -0.05) is 11.6 Å². The summed E-state index contributed by atoms with van der Waals surface area (Å²) in [5.74, 6) is 0.150. The highest BCUT2D eigenvalue weighted by Gasteiger charge is 2.17. The van der Waals surface area contributed by atoms with Gasteiger partial charge in [-0.05, 0) is 42.5 Å². The Balaban J connectivity index is 2.39. The highest BCUT2D eigenvalue weighted by Crippen LogP contribution is 2.16. The zero-order chi connectivity index (χ0) is 15.7. The molecule has 6 heteroatoms. The number of hydrogen-bond acceptors (Lipinski definition) is 3. The van der Waals surface area contributed by atoms with Crippen molar-refractivity contribution in [1.29, 1.82) is 0 Å². The number of hydrogen-bond donors (Lipinski definition) is 1. The molecule has 0 aromatic heterocycles. The summed E-state index contributed by atoms with van der Waals surface area (Å²) in [4.78, 5) is 8.50. The second kappa shape index (κ2) is 5.87. The number of benzene rings is 2. The van der Waals surface area contributed by atoms with Gasteiger partial charge in [0.15, 0.2) is 0 Å². The van der Waals surface area contributed by atoms with Crippen LogP contribution in [0.15, 0.2) is 52.4 Å². The van der Waals surface area contributed by atoms with E-state index in [1.54, 1.807) is 37.4 Å². The van der Waals surface area contributed by atoms with Crippen LogP contribution in [0, 0.1) is 5.82 Å². The van der Waals surface area contributed by atoms with E-state index in [0.29, 0.717) is 32.7 Å². The van der Waals surface area contributed by atoms with Crippen LogP contribution < -0.4 is 10.6 Å². The molecule has 0 unspecified atom stereocenters. The minimum absolute atomic E-state index is 0.134. The van der Waals surface area contributed by atoms with Crippen molar-refractivity contribution < 1.29 is 9.60 Å². The topological polar surface area (TPSA) is 48.2 Å². The third kappa shape index (κ3) is 2.73. The van der Waals surface area contributed by atoms with Gasteiger partial charge in [0.05, 0.1) is 11.1 Å². The third-order valence-corrected chi connectivity index (χ3v) is 3.62. The Kier molecular flexibility index (Phi) is 3.92. The number of amidine groups is 1. The summed E-state index contributed by atoms with van der Waals surface area (Å²) in [6.07, 6.45) is 0. The zero-order valence-electron chi connectivity index (χ0n) is 11.8. The molecule has 1 heterocycles. The van der Waals surface area contributed by atoms with Crippen molar-refractivity contribution in [2.75, 3.05) is 13.6 Å². The van der Waals surface area contributed by atoms with E-state index in [-0.39, 0.29) is 12.4 Å². The van der Waals surface area contributed by atoms with E-state index >= 15 is 0 Å². The summed E-state index contributed by atoms with van der Waals surface area (Å²) in [6.45, 7) is 0.134. The first-order valence-corrected chi connectivity index (χ1v) is 7.03. The SMILES string of the molecule is C/N=C1/CN(O)C(c2ccc(F)cc2)=c2cc(Cl)ccc2=N1. The van der Waals surface area contributed by atoms with Gasteiger partial charge in [-0.15, -0.1) is 0 Å². The first kappa shape index (κ1) is 14.7. The summed E-state index contributed by atoms with van der Waals surface area (Å²) in [7, 11) is 1.62. The molecule has 2 aromatic rings. The van der Waals surface area contributed by atoms with E-state index in [1.807, 2.05) is 0 Å². The minimum atomic E-state index is -0.339. The lowest BCUT2D eigenvalue weighted by molar-refractivity contribution is -0.0119. The van der Waals surface area contributed by atoms with Gasteiger partial charge in [-0.3, -0.25) is 10.2 Å². The van der Waals surface area contributed by atoms with Crippen LogP contribution in [0.2, 0.25) is 5.02 Å². The molecule has 3 rings (SSSR count). The summed E-state index contributed by atoms with van der Waals surface area (Å²) >= 11 is 6.08. The largest absolute Gasteiger partial charge is 0.288 e. The third-order valence-electron chi connectivity index (χ3n) is 3.39. The molecule has 1 aliphatic rings. The Labute approximate surface area is 131 Å². The predicted molar refractivity (Wildman–Crippen MR) is 83.0 cm³/mol. The van der Waals surface area contributed by atoms with Gasteiger partial charge in [0.25, 0.3) is 0 Å². The number of hydroxylamine groups is 2. The molecule has 1 aliphatic heterocycles. The Morgan fingerprint density at radius 1 is 1.23 bits per heavy atom. The number of rotatable bonds is 1. The molecule has 0 radical (unpaired) electrons. The van der Waals surface area contributed by atoms with E-state index < -0.39 is 0 Å². The smallest absolute Gasteiger partial charge is 0.145 e. The molecule has 0 aliphatic carbocycles. The summed E-state index contributed by atoms with van der Waals surface area (Å²) < 4.78 is 13.2. The van der Waals surface area contributed by atoms with E-state index in [9.17, 15) is 9.60 Å². The number of fused-ring (bicyclic) bond motifs is 1. The van der Waals surface area contributed by atoms with Crippen LogP contribution in [-0.4, -0.2) is 29.7 Å². The lowest BCUT2D eigenvalue weighted by Gasteiger charge is -2.19. The maximum absolute atomic E-state index is 13.2. The monoisotopic (exact) mass is 317 g/mol. The molecule has 0 saturated heterocycles. The maximum Gasteiger partial charge on any atom is 0.145 e. The van der Waals surface area contributed by atoms with Gasteiger partial charge in [-0.25, -0.2) is 14.4 Å². The first-order chi connectivity index (χ1) is 10.6. The van der Waals surface area contributed by atoms with Gasteiger partial charge >= 0.3 is 0 Å². The van der Waals surface area contributed by atoms with Crippen LogP contribution in [-0.2, 0) is 0 Å². The highest BCUT2D eigenvalue weighted by atomic mass is 35.5. The van der Waals surface area contributed by atoms with Gasteiger partial charge in [-0.2, -0.15) is 0 Å². The summed E-state index contributed by atoms with van der Waals surface area (Å²) in [5.41, 5.74) is 1.18. The summed E-state index contributed by atoms with van der Waals surface area (Å²) in [5, 5.41) is 13.3. The fraction of sp³-hybridized carbons (Fsp3) is 0.125. The van der Waals surface area contributed by atoms with Crippen molar-refractivity contribution in [2.24, 2.45) is 9.98 Å². The Hall–Kier alpha value is -2.24. The molecule has 1 N–H and O–H groups in total. The highest BCUT2D eigenvalue weighted by molar-refractivity contribution is 6.30. The summed E-state index contributed by atoms with van der Waals surface area (Å²) in [6, 6.07) is 11.1. The molecular weight excluding hydrogens is 305 g/mol. The predicted octanol–water partition coefficient (Wildman–Crippen LogP) is 1.99. The molecule has 2 aromatic carbocycles. The van der Waals surface area contributed by atoms with Crippen LogP contribution in [0.5, 0.6) is 0 Å². The average molecular weight is 318 g/mol. The van der Waals surface area contributed by atoms with Gasteiger partial charge < -0.3 is 0 Å². The Morgan fingerprint density at radius 2 is 1.95 bits per heavy atom. The second-order valence-electron chi connectivity index (χ2n) is 4.83. The molecule has 22 heavy (non-hydrogen) atoms. The fourth-order valence-electron chi connectivity index (χ4n) is 2.35. The van der Waals surface area contributed by atoms with Crippen molar-refractivity contribution in [2.45, 2.75) is 0 Å². The lowest BCUT2D eigenvalue weighted by Crippen LogP contribution is -2.31. The molecule has 0 spiro atoms. The van der Waals surface area contributed by atoms with E-state index in [1.165, 1.54) is 12.1 Å². The van der Waals surface area contributed by atoms with Crippen molar-refractivity contribution in [3.8, 4) is 0 Å². The molecular formula is C16H13ClFN3O. The normalized spacial score (nSPS) is 16.3. The molecule has 0 saturated carbocycles. The van der Waals surface area contributed by atoms with Crippen LogP contribution in [0.25, 0.3) is 5.70 Å². The van der Waals surface area contributed by atoms with E-state index in [4.69, 9.17) is 11.6 Å². The van der Waals surface area contributed by atoms with Crippen LogP contribution >= 0.6 is 11.6 Å². The molecule has 4 nitrogen and oxygen atoms in total. The standard InChI is InChI=1S/C16H13ClFN3O/c1-19-15-9-21(22)16(10-2-5-12(18)6-3-10)13-8-11(17)4-7-14(13)20-15/h2-8,22H,9H2,1H3/b19-15-. The van der Waals surface area contributed by atoms with Crippen LogP contribution in [0.3, 0.4) is 0 Å². The van der Waals surface area contributed by atoms with Crippen molar-refractivity contribution in [3.05, 3.63) is 69.4 Å². The van der Waals surface area contributed by atoms with E-state index in [2.05, 4.69) is 9.98 Å². The second-order valence-corrected chi connectivity index (χ2v) is 5.26. The maximum atomic E-state index is 13.2. The minimum Gasteiger partial charge on any atom is -0.288 e. The average Bonchev–Trinajstić information content (AvgIpc) is 2.64. The lowest BCUT2D eigenvalue weighted by atomic mass is 10.1. The van der Waals surface area contributed by atoms with Crippen LogP contribution in [0.1, 0.15) is 5.56 Å². The van der Waals surface area contributed by atoms with Crippen molar-refractivity contribution in [3.63, 3.8) is 0 Å². The van der Waals surface area contributed by atoms with Crippen molar-refractivity contribution in [1.82, 2.24) is 5.06 Å². The number of aliphatic imine (C=N–C) groups is 1. The fourth-order valence-corrected chi connectivity index (χ4v) is 2.53. The van der Waals surface area contributed by atoms with Gasteiger partial charge in [0.1, 0.15) is 18.2 Å². The Bertz CT molecular complexity index is 862. The number of nitrogens with zero attached hydrogens (tertiary/aromatic N) is 3. The Morgan fingerprint density at radius 3 is 2.64 bits per heavy atom. The molecule has 0 bridgehead atoms. The molecule has 0 amide bonds. The van der Waals surface area contributed by atoms with Crippen LogP contribution in [0.4, 0.5) is 4.39 Å². The van der Waals surface area contributed by atoms with Crippen molar-refractivity contribution >= 4 is 23.1 Å². The first-order valence-electron chi connectivity index (χ1n) is 6.65. The number of halogens is 2. The zero-order valence-corrected chi connectivity index (χ0v) is 12.5. The molecule has 112 valence electrons.